The lowest BCUT2D eigenvalue weighted by atomic mass is 10.1. The zero-order chi connectivity index (χ0) is 14.7. The fourth-order valence-electron chi connectivity index (χ4n) is 2.37. The minimum Gasteiger partial charge on any atom is -0.494 e. The van der Waals surface area contributed by atoms with Crippen molar-refractivity contribution in [2.24, 2.45) is 0 Å². The number of aryl methyl sites for hydroxylation is 4. The monoisotopic (exact) mass is 328 g/mol. The Bertz CT molecular complexity index is 566. The van der Waals surface area contributed by atoms with E-state index in [9.17, 15) is 0 Å². The Morgan fingerprint density at radius 2 is 1.76 bits per heavy atom. The van der Waals surface area contributed by atoms with Gasteiger partial charge in [0.25, 0.3) is 0 Å². The number of benzene rings is 1. The lowest BCUT2D eigenvalue weighted by Gasteiger charge is -2.10. The molecule has 0 bridgehead atoms. The summed E-state index contributed by atoms with van der Waals surface area (Å²) in [5.41, 5.74) is 5.66. The van der Waals surface area contributed by atoms with Crippen molar-refractivity contribution in [3.8, 4) is 5.75 Å². The molecule has 0 atom stereocenters. The lowest BCUT2D eigenvalue weighted by molar-refractivity contribution is 0.310. The van der Waals surface area contributed by atoms with Crippen molar-refractivity contribution in [1.29, 1.82) is 0 Å². The molecule has 0 unspecified atom stereocenters. The normalized spacial score (nSPS) is 10.3. The maximum atomic E-state index is 6.15. The van der Waals surface area contributed by atoms with Crippen LogP contribution in [0.4, 0.5) is 0 Å². The molecular formula is C16H22Cl2N2O. The van der Waals surface area contributed by atoms with E-state index in [0.717, 1.165) is 46.1 Å². The average molecular weight is 329 g/mol. The molecule has 0 radical (unpaired) electrons. The molecule has 0 saturated carbocycles. The number of nitrogens with zero attached hydrogens (tertiary/aromatic N) is 1. The summed E-state index contributed by atoms with van der Waals surface area (Å²) in [6, 6.07) is 3.98. The summed E-state index contributed by atoms with van der Waals surface area (Å²) >= 11 is 6.15. The number of H-pyrrole nitrogens is 1. The summed E-state index contributed by atoms with van der Waals surface area (Å²) < 4.78 is 5.81. The molecule has 0 spiro atoms. The third-order valence-electron chi connectivity index (χ3n) is 3.53. The van der Waals surface area contributed by atoms with E-state index in [0.29, 0.717) is 6.61 Å². The van der Waals surface area contributed by atoms with E-state index in [2.05, 4.69) is 17.1 Å². The van der Waals surface area contributed by atoms with Crippen LogP contribution in [0.2, 0.25) is 5.02 Å². The van der Waals surface area contributed by atoms with Gasteiger partial charge in [0.2, 0.25) is 0 Å². The van der Waals surface area contributed by atoms with Crippen molar-refractivity contribution >= 4 is 24.0 Å². The molecular weight excluding hydrogens is 307 g/mol. The molecule has 1 aromatic carbocycles. The van der Waals surface area contributed by atoms with Crippen LogP contribution in [0.5, 0.6) is 5.75 Å². The van der Waals surface area contributed by atoms with Gasteiger partial charge in [-0.25, -0.2) is 0 Å². The minimum absolute atomic E-state index is 0. The van der Waals surface area contributed by atoms with Crippen LogP contribution in [0.25, 0.3) is 0 Å². The molecule has 0 aliphatic heterocycles. The Kier molecular flexibility index (Phi) is 6.56. The average Bonchev–Trinajstić information content (AvgIpc) is 2.72. The van der Waals surface area contributed by atoms with Crippen molar-refractivity contribution < 1.29 is 4.74 Å². The van der Waals surface area contributed by atoms with Crippen molar-refractivity contribution in [3.63, 3.8) is 0 Å². The molecule has 0 amide bonds. The molecule has 0 saturated heterocycles. The smallest absolute Gasteiger partial charge is 0.119 e. The maximum Gasteiger partial charge on any atom is 0.119 e. The van der Waals surface area contributed by atoms with Crippen LogP contribution in [-0.4, -0.2) is 16.8 Å². The second kappa shape index (κ2) is 7.71. The summed E-state index contributed by atoms with van der Waals surface area (Å²) in [4.78, 5) is 0. The predicted molar refractivity (Wildman–Crippen MR) is 90.1 cm³/mol. The summed E-state index contributed by atoms with van der Waals surface area (Å²) in [7, 11) is 0. The maximum absolute atomic E-state index is 6.15. The van der Waals surface area contributed by atoms with Gasteiger partial charge in [-0.2, -0.15) is 5.10 Å². The summed E-state index contributed by atoms with van der Waals surface area (Å²) in [6.45, 7) is 8.79. The summed E-state index contributed by atoms with van der Waals surface area (Å²) in [5, 5.41) is 8.04. The third kappa shape index (κ3) is 4.39. The fraction of sp³-hybridized carbons (Fsp3) is 0.438. The Labute approximate surface area is 137 Å². The van der Waals surface area contributed by atoms with E-state index in [1.807, 2.05) is 32.9 Å². The fourth-order valence-corrected chi connectivity index (χ4v) is 2.48. The van der Waals surface area contributed by atoms with E-state index in [1.165, 1.54) is 5.56 Å². The molecule has 116 valence electrons. The van der Waals surface area contributed by atoms with Crippen LogP contribution >= 0.6 is 24.0 Å². The standard InChI is InChI=1S/C16H21ClN2O.ClH/c1-10-8-14(9-11(2)16(10)17)20-7-5-6-15-12(3)18-19-13(15)4;/h8-9H,5-7H2,1-4H3,(H,18,19);1H. The molecule has 2 rings (SSSR count). The summed E-state index contributed by atoms with van der Waals surface area (Å²) in [5.74, 6) is 0.894. The predicted octanol–water partition coefficient (Wildman–Crippen LogP) is 4.73. The first-order valence-electron chi connectivity index (χ1n) is 6.89. The number of aromatic amines is 1. The van der Waals surface area contributed by atoms with E-state index in [4.69, 9.17) is 16.3 Å². The Morgan fingerprint density at radius 1 is 1.14 bits per heavy atom. The number of nitrogens with one attached hydrogen (secondary N) is 1. The Morgan fingerprint density at radius 3 is 2.29 bits per heavy atom. The van der Waals surface area contributed by atoms with E-state index in [1.54, 1.807) is 0 Å². The van der Waals surface area contributed by atoms with Crippen molar-refractivity contribution in [2.75, 3.05) is 6.61 Å². The molecule has 3 nitrogen and oxygen atoms in total. The quantitative estimate of drug-likeness (QED) is 0.805. The van der Waals surface area contributed by atoms with Gasteiger partial charge in [-0.3, -0.25) is 5.10 Å². The zero-order valence-electron chi connectivity index (χ0n) is 12.9. The second-order valence-electron chi connectivity index (χ2n) is 5.24. The Balaban J connectivity index is 0.00000220. The summed E-state index contributed by atoms with van der Waals surface area (Å²) in [6.07, 6.45) is 1.96. The first kappa shape index (κ1) is 17.9. The molecule has 0 aliphatic rings. The molecule has 2 aromatic rings. The molecule has 21 heavy (non-hydrogen) atoms. The number of aromatic nitrogens is 2. The number of hydrogen-bond acceptors (Lipinski definition) is 2. The van der Waals surface area contributed by atoms with Gasteiger partial charge >= 0.3 is 0 Å². The van der Waals surface area contributed by atoms with Crippen molar-refractivity contribution in [2.45, 2.75) is 40.5 Å². The highest BCUT2D eigenvalue weighted by molar-refractivity contribution is 6.32. The highest BCUT2D eigenvalue weighted by Crippen LogP contribution is 2.26. The third-order valence-corrected chi connectivity index (χ3v) is 4.13. The van der Waals surface area contributed by atoms with Gasteiger partial charge in [-0.05, 0) is 69.4 Å². The van der Waals surface area contributed by atoms with Gasteiger partial charge in [-0.1, -0.05) is 11.6 Å². The van der Waals surface area contributed by atoms with Crippen LogP contribution in [0, 0.1) is 27.7 Å². The SMILES string of the molecule is Cc1cc(OCCCc2c(C)n[nH]c2C)cc(C)c1Cl.Cl. The number of hydrogen-bond donors (Lipinski definition) is 1. The molecule has 5 heteroatoms. The van der Waals surface area contributed by atoms with Crippen LogP contribution in [0.15, 0.2) is 12.1 Å². The second-order valence-corrected chi connectivity index (χ2v) is 5.61. The molecule has 1 heterocycles. The highest BCUT2D eigenvalue weighted by Gasteiger charge is 2.07. The molecule has 1 aromatic heterocycles. The van der Waals surface area contributed by atoms with Gasteiger partial charge in [0, 0.05) is 10.7 Å². The number of ether oxygens (including phenoxy) is 1. The minimum atomic E-state index is 0. The highest BCUT2D eigenvalue weighted by atomic mass is 35.5. The van der Waals surface area contributed by atoms with Gasteiger partial charge in [0.15, 0.2) is 0 Å². The molecule has 0 fully saturated rings. The van der Waals surface area contributed by atoms with Crippen molar-refractivity contribution in [3.05, 3.63) is 45.2 Å². The first-order valence-corrected chi connectivity index (χ1v) is 7.27. The topological polar surface area (TPSA) is 37.9 Å². The van der Waals surface area contributed by atoms with E-state index < -0.39 is 0 Å². The van der Waals surface area contributed by atoms with Crippen LogP contribution < -0.4 is 4.74 Å². The largest absolute Gasteiger partial charge is 0.494 e. The van der Waals surface area contributed by atoms with Crippen LogP contribution in [0.1, 0.15) is 34.5 Å². The van der Waals surface area contributed by atoms with Crippen LogP contribution in [0.3, 0.4) is 0 Å². The molecule has 0 aliphatic carbocycles. The van der Waals surface area contributed by atoms with Gasteiger partial charge < -0.3 is 4.74 Å². The van der Waals surface area contributed by atoms with Gasteiger partial charge in [0.05, 0.1) is 12.3 Å². The first-order chi connectivity index (χ1) is 9.49. The number of halogens is 2. The van der Waals surface area contributed by atoms with Gasteiger partial charge in [0.1, 0.15) is 5.75 Å². The van der Waals surface area contributed by atoms with E-state index >= 15 is 0 Å². The zero-order valence-corrected chi connectivity index (χ0v) is 14.5. The van der Waals surface area contributed by atoms with Crippen LogP contribution in [-0.2, 0) is 6.42 Å². The van der Waals surface area contributed by atoms with E-state index in [-0.39, 0.29) is 12.4 Å². The molecule has 1 N–H and O–H groups in total. The number of rotatable bonds is 5. The van der Waals surface area contributed by atoms with Gasteiger partial charge in [-0.15, -0.1) is 12.4 Å². The lowest BCUT2D eigenvalue weighted by Crippen LogP contribution is -2.01. The van der Waals surface area contributed by atoms with Crippen molar-refractivity contribution in [1.82, 2.24) is 10.2 Å². The Hall–Kier alpha value is -1.19.